The van der Waals surface area contributed by atoms with Crippen LogP contribution in [-0.2, 0) is 5.41 Å². The van der Waals surface area contributed by atoms with E-state index in [2.05, 4.69) is 164 Å². The van der Waals surface area contributed by atoms with Crippen LogP contribution in [0.1, 0.15) is 25.0 Å². The normalized spacial score (nSPS) is 13.0. The Labute approximate surface area is 337 Å². The standard InChI is InChI=1S/C54H40N2O2/c1-54(2)47-17-8-7-14-39(47)42-31-45-46(32-48(42)54)53(35-13-11-12-34(28-35)49-18-9-10-27-55-49)41-16-6-5-15-40(41)52(45)33-19-21-36(22-20-33)56-50-25-23-37(57-3)29-43(50)44-30-38(58-4)24-26-51(44)56/h5-32H,1-4H3. The van der Waals surface area contributed by atoms with Crippen LogP contribution >= 0.6 is 0 Å². The van der Waals surface area contributed by atoms with Gasteiger partial charge in [-0.2, -0.15) is 0 Å². The Morgan fingerprint density at radius 1 is 0.448 bits per heavy atom. The molecule has 0 fully saturated rings. The summed E-state index contributed by atoms with van der Waals surface area (Å²) >= 11 is 0. The zero-order valence-corrected chi connectivity index (χ0v) is 32.9. The van der Waals surface area contributed by atoms with Crippen molar-refractivity contribution in [2.24, 2.45) is 0 Å². The van der Waals surface area contributed by atoms with Crippen LogP contribution in [0.2, 0.25) is 0 Å². The molecule has 10 aromatic rings. The van der Waals surface area contributed by atoms with Crippen LogP contribution in [-0.4, -0.2) is 23.8 Å². The molecule has 58 heavy (non-hydrogen) atoms. The Kier molecular flexibility index (Phi) is 7.61. The fourth-order valence-electron chi connectivity index (χ4n) is 9.65. The summed E-state index contributed by atoms with van der Waals surface area (Å²) in [6.45, 7) is 4.73. The van der Waals surface area contributed by atoms with Gasteiger partial charge in [-0.3, -0.25) is 4.98 Å². The van der Waals surface area contributed by atoms with E-state index in [4.69, 9.17) is 14.5 Å². The lowest BCUT2D eigenvalue weighted by Gasteiger charge is -2.24. The summed E-state index contributed by atoms with van der Waals surface area (Å²) < 4.78 is 13.7. The molecule has 0 aliphatic heterocycles. The van der Waals surface area contributed by atoms with Crippen molar-refractivity contribution in [2.45, 2.75) is 19.3 Å². The first-order chi connectivity index (χ1) is 28.4. The summed E-state index contributed by atoms with van der Waals surface area (Å²) in [5.41, 5.74) is 15.4. The summed E-state index contributed by atoms with van der Waals surface area (Å²) in [7, 11) is 3.43. The number of rotatable bonds is 6. The van der Waals surface area contributed by atoms with Gasteiger partial charge in [0.1, 0.15) is 11.5 Å². The lowest BCUT2D eigenvalue weighted by atomic mass is 9.79. The van der Waals surface area contributed by atoms with E-state index in [1.165, 1.54) is 66.1 Å². The van der Waals surface area contributed by atoms with E-state index in [0.29, 0.717) is 0 Å². The molecule has 0 spiro atoms. The fraction of sp³-hybridized carbons (Fsp3) is 0.0926. The molecule has 278 valence electrons. The fourth-order valence-corrected chi connectivity index (χ4v) is 9.65. The Morgan fingerprint density at radius 2 is 1.07 bits per heavy atom. The minimum absolute atomic E-state index is 0.142. The van der Waals surface area contributed by atoms with Crippen molar-refractivity contribution in [1.29, 1.82) is 0 Å². The second-order valence-corrected chi connectivity index (χ2v) is 15.9. The van der Waals surface area contributed by atoms with Crippen LogP contribution in [0.5, 0.6) is 11.5 Å². The Morgan fingerprint density at radius 3 is 1.74 bits per heavy atom. The van der Waals surface area contributed by atoms with E-state index in [1.807, 2.05) is 24.4 Å². The van der Waals surface area contributed by atoms with Gasteiger partial charge in [-0.25, -0.2) is 0 Å². The first-order valence-corrected chi connectivity index (χ1v) is 19.8. The van der Waals surface area contributed by atoms with Gasteiger partial charge in [0.25, 0.3) is 0 Å². The molecule has 0 amide bonds. The van der Waals surface area contributed by atoms with Crippen molar-refractivity contribution < 1.29 is 9.47 Å². The van der Waals surface area contributed by atoms with Gasteiger partial charge in [-0.05, 0) is 145 Å². The lowest BCUT2D eigenvalue weighted by Crippen LogP contribution is -2.14. The molecule has 1 aliphatic carbocycles. The number of nitrogens with zero attached hydrogens (tertiary/aromatic N) is 2. The van der Waals surface area contributed by atoms with Crippen LogP contribution in [0.3, 0.4) is 0 Å². The molecule has 0 bridgehead atoms. The van der Waals surface area contributed by atoms with Crippen LogP contribution < -0.4 is 9.47 Å². The van der Waals surface area contributed by atoms with E-state index in [0.717, 1.165) is 50.2 Å². The maximum atomic E-state index is 5.66. The van der Waals surface area contributed by atoms with Gasteiger partial charge in [-0.1, -0.05) is 98.8 Å². The maximum absolute atomic E-state index is 5.66. The van der Waals surface area contributed by atoms with Gasteiger partial charge in [0, 0.05) is 33.6 Å². The van der Waals surface area contributed by atoms with E-state index in [-0.39, 0.29) is 5.41 Å². The molecule has 0 atom stereocenters. The maximum Gasteiger partial charge on any atom is 0.119 e. The van der Waals surface area contributed by atoms with Gasteiger partial charge in [-0.15, -0.1) is 0 Å². The Hall–Kier alpha value is -7.17. The minimum Gasteiger partial charge on any atom is -0.497 e. The van der Waals surface area contributed by atoms with E-state index in [1.54, 1.807) is 14.2 Å². The van der Waals surface area contributed by atoms with Gasteiger partial charge < -0.3 is 14.0 Å². The highest BCUT2D eigenvalue weighted by Gasteiger charge is 2.36. The zero-order valence-electron chi connectivity index (χ0n) is 32.9. The molecule has 0 saturated heterocycles. The number of methoxy groups -OCH3 is 2. The minimum atomic E-state index is -0.142. The van der Waals surface area contributed by atoms with Crippen molar-refractivity contribution in [3.63, 3.8) is 0 Å². The van der Waals surface area contributed by atoms with E-state index >= 15 is 0 Å². The van der Waals surface area contributed by atoms with Gasteiger partial charge in [0.2, 0.25) is 0 Å². The van der Waals surface area contributed by atoms with Crippen molar-refractivity contribution in [3.8, 4) is 61.8 Å². The predicted molar refractivity (Wildman–Crippen MR) is 241 cm³/mol. The molecule has 4 heteroatoms. The summed E-state index contributed by atoms with van der Waals surface area (Å²) in [6, 6.07) is 59.6. The summed E-state index contributed by atoms with van der Waals surface area (Å²) in [5, 5.41) is 7.18. The molecule has 8 aromatic carbocycles. The molecule has 1 aliphatic rings. The van der Waals surface area contributed by atoms with Crippen molar-refractivity contribution in [3.05, 3.63) is 181 Å². The number of hydrogen-bond acceptors (Lipinski definition) is 3. The Balaban J connectivity index is 1.18. The molecule has 0 radical (unpaired) electrons. The highest BCUT2D eigenvalue weighted by Crippen LogP contribution is 2.53. The van der Waals surface area contributed by atoms with E-state index < -0.39 is 0 Å². The molecular weight excluding hydrogens is 709 g/mol. The number of benzene rings is 8. The zero-order chi connectivity index (χ0) is 39.1. The number of pyridine rings is 1. The van der Waals surface area contributed by atoms with Crippen LogP contribution in [0.15, 0.2) is 170 Å². The monoisotopic (exact) mass is 748 g/mol. The smallest absolute Gasteiger partial charge is 0.119 e. The second-order valence-electron chi connectivity index (χ2n) is 15.9. The second kappa shape index (κ2) is 12.9. The van der Waals surface area contributed by atoms with Crippen molar-refractivity contribution >= 4 is 43.4 Å². The van der Waals surface area contributed by atoms with Gasteiger partial charge >= 0.3 is 0 Å². The molecule has 0 N–H and O–H groups in total. The third-order valence-electron chi connectivity index (χ3n) is 12.4. The molecule has 0 saturated carbocycles. The van der Waals surface area contributed by atoms with Gasteiger partial charge in [0.05, 0.1) is 30.9 Å². The first kappa shape index (κ1) is 34.1. The van der Waals surface area contributed by atoms with Crippen LogP contribution in [0.4, 0.5) is 0 Å². The number of aromatic nitrogens is 2. The van der Waals surface area contributed by atoms with Crippen LogP contribution in [0.25, 0.3) is 93.7 Å². The number of fused-ring (bicyclic) bond motifs is 8. The van der Waals surface area contributed by atoms with Crippen molar-refractivity contribution in [2.75, 3.05) is 14.2 Å². The predicted octanol–water partition coefficient (Wildman–Crippen LogP) is 13.8. The summed E-state index contributed by atoms with van der Waals surface area (Å²) in [6.07, 6.45) is 1.87. The number of hydrogen-bond donors (Lipinski definition) is 0. The Bertz CT molecular complexity index is 3210. The molecule has 2 aromatic heterocycles. The molecule has 0 unspecified atom stereocenters. The average Bonchev–Trinajstić information content (AvgIpc) is 3.72. The number of ether oxygens (including phenoxy) is 2. The first-order valence-electron chi connectivity index (χ1n) is 19.8. The lowest BCUT2D eigenvalue weighted by molar-refractivity contribution is 0.415. The summed E-state index contributed by atoms with van der Waals surface area (Å²) in [4.78, 5) is 4.71. The quantitative estimate of drug-likeness (QED) is 0.159. The SMILES string of the molecule is COc1ccc2c(c1)c1cc(OC)ccc1n2-c1ccc(-c2c3ccccc3c(-c3cccc(-c4ccccn4)c3)c3cc4c(cc23)-c2ccccc2C4(C)C)cc1. The third kappa shape index (κ3) is 5.04. The largest absolute Gasteiger partial charge is 0.497 e. The molecule has 2 heterocycles. The topological polar surface area (TPSA) is 36.3 Å². The highest BCUT2D eigenvalue weighted by molar-refractivity contribution is 6.22. The molecular formula is C54H40N2O2. The van der Waals surface area contributed by atoms with Gasteiger partial charge in [0.15, 0.2) is 0 Å². The molecule has 11 rings (SSSR count). The third-order valence-corrected chi connectivity index (χ3v) is 12.4. The van der Waals surface area contributed by atoms with E-state index in [9.17, 15) is 0 Å². The van der Waals surface area contributed by atoms with Crippen molar-refractivity contribution in [1.82, 2.24) is 9.55 Å². The summed E-state index contributed by atoms with van der Waals surface area (Å²) in [5.74, 6) is 1.65. The highest BCUT2D eigenvalue weighted by atomic mass is 16.5. The molecule has 4 nitrogen and oxygen atoms in total. The van der Waals surface area contributed by atoms with Crippen LogP contribution in [0, 0.1) is 0 Å². The average molecular weight is 749 g/mol.